The van der Waals surface area contributed by atoms with Gasteiger partial charge in [0.05, 0.1) is 23.7 Å². The van der Waals surface area contributed by atoms with E-state index in [4.69, 9.17) is 0 Å². The number of esters is 1. The Morgan fingerprint density at radius 1 is 1.30 bits per heavy atom. The molecule has 1 aromatic carbocycles. The fourth-order valence-corrected chi connectivity index (χ4v) is 4.01. The second-order valence-corrected chi connectivity index (χ2v) is 6.40. The number of hydrogen-bond donors (Lipinski definition) is 2. The van der Waals surface area contributed by atoms with Gasteiger partial charge in [-0.1, -0.05) is 0 Å². The molecule has 122 valence electrons. The van der Waals surface area contributed by atoms with Crippen molar-refractivity contribution in [2.45, 2.75) is 43.8 Å². The third-order valence-corrected chi connectivity index (χ3v) is 5.02. The quantitative estimate of drug-likeness (QED) is 0.826. The number of H-pyrrole nitrogens is 1. The molecule has 0 aliphatic carbocycles. The Balaban J connectivity index is 1.81. The summed E-state index contributed by atoms with van der Waals surface area (Å²) in [6.07, 6.45) is 3.98. The Bertz CT molecular complexity index is 829. The van der Waals surface area contributed by atoms with Crippen LogP contribution in [-0.4, -0.2) is 34.7 Å². The highest BCUT2D eigenvalue weighted by Gasteiger charge is 2.35. The zero-order valence-corrected chi connectivity index (χ0v) is 12.8. The number of piperidine rings is 1. The van der Waals surface area contributed by atoms with Crippen LogP contribution in [0.4, 0.5) is 4.39 Å². The predicted octanol–water partition coefficient (Wildman–Crippen LogP) is 1.71. The van der Waals surface area contributed by atoms with E-state index >= 15 is 0 Å². The minimum absolute atomic E-state index is 0.0541. The summed E-state index contributed by atoms with van der Waals surface area (Å²) in [7, 11) is 1.20. The number of ether oxygens (including phenoxy) is 1. The SMILES string of the molecule is COC(=O)c1cc2[nH]c(=O)n(C3CC4CCC(C3)N4)c2cc1F. The molecule has 0 radical (unpaired) electrons. The summed E-state index contributed by atoms with van der Waals surface area (Å²) in [5.74, 6) is -1.42. The number of rotatable bonds is 2. The number of aromatic nitrogens is 2. The minimum atomic E-state index is -0.752. The van der Waals surface area contributed by atoms with Gasteiger partial charge in [0.15, 0.2) is 0 Å². The lowest BCUT2D eigenvalue weighted by molar-refractivity contribution is 0.0595. The molecular weight excluding hydrogens is 301 g/mol. The number of carbonyl (C=O) groups is 1. The van der Waals surface area contributed by atoms with Crippen molar-refractivity contribution >= 4 is 17.0 Å². The molecule has 3 heterocycles. The van der Waals surface area contributed by atoms with E-state index in [1.807, 2.05) is 0 Å². The van der Waals surface area contributed by atoms with Crippen molar-refractivity contribution in [2.24, 2.45) is 0 Å². The Hall–Kier alpha value is -2.15. The summed E-state index contributed by atoms with van der Waals surface area (Å²) in [6, 6.07) is 3.51. The molecule has 2 aliphatic heterocycles. The average Bonchev–Trinajstić information content (AvgIpc) is 3.03. The van der Waals surface area contributed by atoms with E-state index in [0.717, 1.165) is 25.7 Å². The first-order valence-electron chi connectivity index (χ1n) is 7.85. The third-order valence-electron chi connectivity index (χ3n) is 5.02. The van der Waals surface area contributed by atoms with Gasteiger partial charge in [-0.15, -0.1) is 0 Å². The molecule has 2 atom stereocenters. The number of aromatic amines is 1. The Labute approximate surface area is 131 Å². The van der Waals surface area contributed by atoms with E-state index in [0.29, 0.717) is 23.1 Å². The lowest BCUT2D eigenvalue weighted by atomic mass is 9.99. The first-order valence-corrected chi connectivity index (χ1v) is 7.85. The predicted molar refractivity (Wildman–Crippen MR) is 82.1 cm³/mol. The van der Waals surface area contributed by atoms with E-state index in [-0.39, 0.29) is 17.3 Å². The van der Waals surface area contributed by atoms with Crippen LogP contribution in [-0.2, 0) is 4.74 Å². The maximum Gasteiger partial charge on any atom is 0.340 e. The number of hydrogen-bond acceptors (Lipinski definition) is 4. The standard InChI is InChI=1S/C16H18FN3O3/c1-23-15(21)11-6-13-14(7-12(11)17)20(16(22)19-13)10-4-8-2-3-9(5-10)18-8/h6-10,18H,2-5H2,1H3,(H,19,22). The first-order chi connectivity index (χ1) is 11.1. The van der Waals surface area contributed by atoms with Crippen LogP contribution in [0.5, 0.6) is 0 Å². The number of methoxy groups -OCH3 is 1. The van der Waals surface area contributed by atoms with E-state index in [1.165, 1.54) is 19.2 Å². The van der Waals surface area contributed by atoms with Crippen LogP contribution in [0.25, 0.3) is 11.0 Å². The van der Waals surface area contributed by atoms with Crippen LogP contribution < -0.4 is 11.0 Å². The molecule has 2 N–H and O–H groups in total. The first kappa shape index (κ1) is 14.4. The van der Waals surface area contributed by atoms with Crippen molar-refractivity contribution in [1.82, 2.24) is 14.9 Å². The van der Waals surface area contributed by atoms with Gasteiger partial charge in [0.1, 0.15) is 5.82 Å². The Morgan fingerprint density at radius 3 is 2.65 bits per heavy atom. The van der Waals surface area contributed by atoms with Crippen LogP contribution in [0.2, 0.25) is 0 Å². The summed E-state index contributed by atoms with van der Waals surface area (Å²) in [5.41, 5.74) is 0.542. The maximum absolute atomic E-state index is 14.2. The van der Waals surface area contributed by atoms with Gasteiger partial charge in [-0.2, -0.15) is 0 Å². The molecule has 6 nitrogen and oxygen atoms in total. The molecule has 0 amide bonds. The van der Waals surface area contributed by atoms with Crippen molar-refractivity contribution < 1.29 is 13.9 Å². The molecule has 0 spiro atoms. The van der Waals surface area contributed by atoms with Crippen LogP contribution in [0, 0.1) is 5.82 Å². The molecule has 1 aromatic heterocycles. The molecule has 2 saturated heterocycles. The zero-order chi connectivity index (χ0) is 16.1. The minimum Gasteiger partial charge on any atom is -0.465 e. The average molecular weight is 319 g/mol. The van der Waals surface area contributed by atoms with E-state index in [1.54, 1.807) is 4.57 Å². The summed E-state index contributed by atoms with van der Waals surface area (Å²) >= 11 is 0. The Morgan fingerprint density at radius 2 is 2.00 bits per heavy atom. The molecule has 2 bridgehead atoms. The molecule has 0 saturated carbocycles. The second-order valence-electron chi connectivity index (χ2n) is 6.40. The van der Waals surface area contributed by atoms with Crippen LogP contribution in [0.1, 0.15) is 42.1 Å². The van der Waals surface area contributed by atoms with Crippen LogP contribution >= 0.6 is 0 Å². The molecule has 2 unspecified atom stereocenters. The van der Waals surface area contributed by atoms with Gasteiger partial charge in [-0.3, -0.25) is 4.57 Å². The van der Waals surface area contributed by atoms with Gasteiger partial charge in [-0.05, 0) is 31.7 Å². The molecule has 2 fully saturated rings. The number of halogens is 1. The van der Waals surface area contributed by atoms with Crippen molar-refractivity contribution in [2.75, 3.05) is 7.11 Å². The summed E-state index contributed by atoms with van der Waals surface area (Å²) in [6.45, 7) is 0. The van der Waals surface area contributed by atoms with Gasteiger partial charge in [-0.25, -0.2) is 14.0 Å². The number of fused-ring (bicyclic) bond motifs is 3. The Kier molecular flexibility index (Phi) is 3.26. The molecule has 2 aromatic rings. The normalized spacial score (nSPS) is 26.6. The van der Waals surface area contributed by atoms with Crippen molar-refractivity contribution in [3.05, 3.63) is 34.0 Å². The lowest BCUT2D eigenvalue weighted by Gasteiger charge is -2.29. The van der Waals surface area contributed by atoms with Crippen LogP contribution in [0.15, 0.2) is 16.9 Å². The van der Waals surface area contributed by atoms with Gasteiger partial charge in [0.2, 0.25) is 0 Å². The van der Waals surface area contributed by atoms with E-state index in [9.17, 15) is 14.0 Å². The summed E-state index contributed by atoms with van der Waals surface area (Å²) in [5, 5.41) is 3.53. The number of nitrogens with one attached hydrogen (secondary N) is 2. The monoisotopic (exact) mass is 319 g/mol. The smallest absolute Gasteiger partial charge is 0.340 e. The summed E-state index contributed by atoms with van der Waals surface area (Å²) in [4.78, 5) is 26.7. The largest absolute Gasteiger partial charge is 0.465 e. The van der Waals surface area contributed by atoms with E-state index in [2.05, 4.69) is 15.0 Å². The summed E-state index contributed by atoms with van der Waals surface area (Å²) < 4.78 is 20.5. The van der Waals surface area contributed by atoms with Crippen molar-refractivity contribution in [1.29, 1.82) is 0 Å². The second kappa shape index (κ2) is 5.19. The number of carbonyl (C=O) groups excluding carboxylic acids is 1. The van der Waals surface area contributed by atoms with Crippen LogP contribution in [0.3, 0.4) is 0 Å². The highest BCUT2D eigenvalue weighted by atomic mass is 19.1. The fraction of sp³-hybridized carbons (Fsp3) is 0.500. The van der Waals surface area contributed by atoms with Gasteiger partial charge in [0, 0.05) is 24.2 Å². The molecule has 2 aliphatic rings. The molecule has 23 heavy (non-hydrogen) atoms. The maximum atomic E-state index is 14.2. The molecule has 4 rings (SSSR count). The highest BCUT2D eigenvalue weighted by Crippen LogP contribution is 2.34. The molecule has 7 heteroatoms. The van der Waals surface area contributed by atoms with Gasteiger partial charge in [0.25, 0.3) is 0 Å². The molecular formula is C16H18FN3O3. The van der Waals surface area contributed by atoms with Gasteiger partial charge < -0.3 is 15.0 Å². The highest BCUT2D eigenvalue weighted by molar-refractivity contribution is 5.94. The van der Waals surface area contributed by atoms with Crippen molar-refractivity contribution in [3.8, 4) is 0 Å². The van der Waals surface area contributed by atoms with E-state index < -0.39 is 11.8 Å². The zero-order valence-electron chi connectivity index (χ0n) is 12.8. The number of imidazole rings is 1. The van der Waals surface area contributed by atoms with Gasteiger partial charge >= 0.3 is 11.7 Å². The third kappa shape index (κ3) is 2.26. The number of nitrogens with zero attached hydrogens (tertiary/aromatic N) is 1. The lowest BCUT2D eigenvalue weighted by Crippen LogP contribution is -2.40. The number of benzene rings is 1. The van der Waals surface area contributed by atoms with Crippen molar-refractivity contribution in [3.63, 3.8) is 0 Å². The topological polar surface area (TPSA) is 76.1 Å². The fourth-order valence-electron chi connectivity index (χ4n) is 4.01.